The van der Waals surface area contributed by atoms with E-state index in [1.807, 2.05) is 32.9 Å². The third-order valence-corrected chi connectivity index (χ3v) is 15.2. The summed E-state index contributed by atoms with van der Waals surface area (Å²) < 4.78 is 11.7. The fourth-order valence-corrected chi connectivity index (χ4v) is 9.52. The summed E-state index contributed by atoms with van der Waals surface area (Å²) in [6, 6.07) is 0. The van der Waals surface area contributed by atoms with Crippen LogP contribution >= 0.6 is 0 Å². The van der Waals surface area contributed by atoms with Crippen molar-refractivity contribution in [3.8, 4) is 0 Å². The van der Waals surface area contributed by atoms with E-state index >= 15 is 0 Å². The molecule has 2 heterocycles. The third kappa shape index (κ3) is 22.8. The zero-order valence-corrected chi connectivity index (χ0v) is 44.4. The van der Waals surface area contributed by atoms with Crippen molar-refractivity contribution in [1.29, 1.82) is 0 Å². The molecule has 17 heteroatoms. The van der Waals surface area contributed by atoms with Crippen molar-refractivity contribution >= 4 is 5.97 Å². The van der Waals surface area contributed by atoms with Crippen molar-refractivity contribution in [3.63, 3.8) is 0 Å². The summed E-state index contributed by atoms with van der Waals surface area (Å²) in [6.07, 6.45) is -2.62. The number of carbonyl (C=O) groups excluding carboxylic acids is 1. The zero-order chi connectivity index (χ0) is 54.6. The van der Waals surface area contributed by atoms with E-state index in [0.29, 0.717) is 49.7 Å². The SMILES string of the molecule is C/C1=C\CCC(C)C(O)C(C)C(O)CC/C=C/C(C)C(O)/C=C/C(C)C(O)/C(C)=C/C(O)C(O)CC(O)CC(O)CC(O)C(C)C(O)C(C)C(O)CC(O)CC(O)/C=C/CC(C(C)C2CCC(O)O2)OC1=O. The summed E-state index contributed by atoms with van der Waals surface area (Å²) in [5.74, 6) is -4.10. The maximum Gasteiger partial charge on any atom is 0.333 e. The van der Waals surface area contributed by atoms with Gasteiger partial charge < -0.3 is 81.0 Å². The van der Waals surface area contributed by atoms with Crippen LogP contribution in [0.1, 0.15) is 139 Å². The Morgan fingerprint density at radius 3 is 1.69 bits per heavy atom. The third-order valence-electron chi connectivity index (χ3n) is 15.2. The molecule has 2 rings (SSSR count). The molecule has 0 aliphatic carbocycles. The van der Waals surface area contributed by atoms with Gasteiger partial charge >= 0.3 is 5.97 Å². The van der Waals surface area contributed by atoms with Crippen molar-refractivity contribution in [2.45, 2.75) is 237 Å². The van der Waals surface area contributed by atoms with Gasteiger partial charge in [-0.25, -0.2) is 4.79 Å². The molecule has 17 nitrogen and oxygen atoms in total. The zero-order valence-electron chi connectivity index (χ0n) is 44.4. The lowest BCUT2D eigenvalue weighted by atomic mass is 9.82. The minimum atomic E-state index is -1.48. The average molecular weight is 1030 g/mol. The molecular weight excluding hydrogens is 933 g/mol. The normalized spacial score (nSPS) is 45.3. The quantitative estimate of drug-likeness (QED) is 0.140. The molecule has 2 aliphatic rings. The summed E-state index contributed by atoms with van der Waals surface area (Å²) in [5.41, 5.74) is 0.693. The molecular formula is C55H96O17. The lowest BCUT2D eigenvalue weighted by Crippen LogP contribution is -2.41. The van der Waals surface area contributed by atoms with Gasteiger partial charge in [0.05, 0.1) is 85.5 Å². The summed E-state index contributed by atoms with van der Waals surface area (Å²) in [7, 11) is 0. The first-order valence-electron chi connectivity index (χ1n) is 26.4. The van der Waals surface area contributed by atoms with Crippen LogP contribution in [0.4, 0.5) is 0 Å². The average Bonchev–Trinajstić information content (AvgIpc) is 3.77. The molecule has 0 saturated carbocycles. The number of carbonyl (C=O) groups is 1. The lowest BCUT2D eigenvalue weighted by molar-refractivity contribution is -0.153. The minimum absolute atomic E-state index is 0.170. The van der Waals surface area contributed by atoms with Gasteiger partial charge in [-0.1, -0.05) is 97.1 Å². The number of cyclic esters (lactones) is 1. The summed E-state index contributed by atoms with van der Waals surface area (Å²) >= 11 is 0. The summed E-state index contributed by atoms with van der Waals surface area (Å²) in [5, 5.41) is 151. The molecule has 2 aliphatic heterocycles. The Kier molecular flexibility index (Phi) is 30.0. The van der Waals surface area contributed by atoms with Gasteiger partial charge in [0.25, 0.3) is 0 Å². The van der Waals surface area contributed by atoms with Gasteiger partial charge in [0.2, 0.25) is 0 Å². The number of rotatable bonds is 2. The Bertz CT molecular complexity index is 1690. The van der Waals surface area contributed by atoms with Crippen molar-refractivity contribution < 1.29 is 85.8 Å². The van der Waals surface area contributed by atoms with E-state index in [2.05, 4.69) is 0 Å². The molecule has 0 spiro atoms. The highest BCUT2D eigenvalue weighted by Crippen LogP contribution is 2.31. The van der Waals surface area contributed by atoms with E-state index in [1.165, 1.54) is 26.0 Å². The number of esters is 1. The van der Waals surface area contributed by atoms with E-state index in [0.717, 1.165) is 0 Å². The highest BCUT2D eigenvalue weighted by Gasteiger charge is 2.36. The highest BCUT2D eigenvalue weighted by atomic mass is 16.6. The molecule has 23 unspecified atom stereocenters. The Hall–Kier alpha value is -2.43. The molecule has 0 bridgehead atoms. The van der Waals surface area contributed by atoms with Crippen molar-refractivity contribution in [2.24, 2.45) is 41.4 Å². The van der Waals surface area contributed by atoms with Crippen LogP contribution in [-0.4, -0.2) is 175 Å². The summed E-state index contributed by atoms with van der Waals surface area (Å²) in [6.45, 7) is 15.3. The molecule has 1 saturated heterocycles. The first-order valence-corrected chi connectivity index (χ1v) is 26.4. The van der Waals surface area contributed by atoms with Crippen LogP contribution in [0.2, 0.25) is 0 Å². The second kappa shape index (κ2) is 32.9. The molecule has 14 N–H and O–H groups in total. The number of ether oxygens (including phenoxy) is 2. The minimum Gasteiger partial charge on any atom is -0.458 e. The van der Waals surface area contributed by atoms with E-state index < -0.39 is 121 Å². The van der Waals surface area contributed by atoms with E-state index in [9.17, 15) is 76.3 Å². The first-order chi connectivity index (χ1) is 33.6. The standard InChI is InChI=1S/C55H96O17/c1-30-14-10-11-18-44(61)35(6)53(68)31(2)15-12-16-33(4)55(70)72-49(38(9)50-22-23-51(66)71-50)19-13-17-39(56)25-40(57)27-45(62)36(7)54(69)37(8)46(63)28-41(58)26-42(59)29-48(65)47(64)24-34(5)52(67)32(3)20-21-43(30)60/h10,13-14,16-17,20-21,24,30-32,35-54,56-69H,11-12,15,18-19,22-23,25-29H2,1-9H3/b14-10+,17-13+,21-20+,33-16+,34-24+. The number of hydrogen-bond acceptors (Lipinski definition) is 17. The molecule has 23 atom stereocenters. The lowest BCUT2D eigenvalue weighted by Gasteiger charge is -2.33. The van der Waals surface area contributed by atoms with Crippen LogP contribution in [0.3, 0.4) is 0 Å². The fraction of sp³-hybridized carbons (Fsp3) is 0.800. The van der Waals surface area contributed by atoms with Gasteiger partial charge in [0.15, 0.2) is 6.29 Å². The maximum atomic E-state index is 13.4. The Morgan fingerprint density at radius 1 is 0.542 bits per heavy atom. The highest BCUT2D eigenvalue weighted by molar-refractivity contribution is 5.87. The van der Waals surface area contributed by atoms with Gasteiger partial charge in [-0.2, -0.15) is 0 Å². The van der Waals surface area contributed by atoms with Crippen LogP contribution in [-0.2, 0) is 14.3 Å². The largest absolute Gasteiger partial charge is 0.458 e. The van der Waals surface area contributed by atoms with Crippen molar-refractivity contribution in [1.82, 2.24) is 0 Å². The number of allylic oxidation sites excluding steroid dienone is 2. The van der Waals surface area contributed by atoms with Gasteiger partial charge in [0.1, 0.15) is 6.10 Å². The van der Waals surface area contributed by atoms with Gasteiger partial charge in [-0.15, -0.1) is 0 Å². The topological polar surface area (TPSA) is 319 Å². The van der Waals surface area contributed by atoms with E-state index in [-0.39, 0.29) is 62.4 Å². The van der Waals surface area contributed by atoms with E-state index in [4.69, 9.17) is 9.47 Å². The monoisotopic (exact) mass is 1030 g/mol. The second-order valence-electron chi connectivity index (χ2n) is 21.6. The first kappa shape index (κ1) is 65.7. The van der Waals surface area contributed by atoms with Crippen LogP contribution in [0.5, 0.6) is 0 Å². The second-order valence-corrected chi connectivity index (χ2v) is 21.6. The Morgan fingerprint density at radius 2 is 1.11 bits per heavy atom. The number of aliphatic hydroxyl groups excluding tert-OH is 14. The molecule has 418 valence electrons. The van der Waals surface area contributed by atoms with Crippen LogP contribution in [0.15, 0.2) is 59.8 Å². The maximum absolute atomic E-state index is 13.4. The fourth-order valence-electron chi connectivity index (χ4n) is 9.52. The van der Waals surface area contributed by atoms with Crippen LogP contribution in [0.25, 0.3) is 0 Å². The van der Waals surface area contributed by atoms with Gasteiger partial charge in [0, 0.05) is 66.8 Å². The summed E-state index contributed by atoms with van der Waals surface area (Å²) in [4.78, 5) is 13.4. The molecule has 0 radical (unpaired) electrons. The predicted octanol–water partition coefficient (Wildman–Crippen LogP) is 3.02. The number of hydrogen-bond donors (Lipinski definition) is 14. The number of aliphatic hydroxyl groups is 14. The van der Waals surface area contributed by atoms with Crippen molar-refractivity contribution in [3.05, 3.63) is 59.8 Å². The molecule has 0 aromatic heterocycles. The molecule has 72 heavy (non-hydrogen) atoms. The molecule has 1 fully saturated rings. The Labute approximate surface area is 428 Å². The smallest absolute Gasteiger partial charge is 0.333 e. The van der Waals surface area contributed by atoms with Gasteiger partial charge in [-0.05, 0) is 76.7 Å². The van der Waals surface area contributed by atoms with Crippen LogP contribution < -0.4 is 0 Å². The van der Waals surface area contributed by atoms with Crippen molar-refractivity contribution in [2.75, 3.05) is 0 Å². The van der Waals surface area contributed by atoms with Crippen LogP contribution in [0, 0.1) is 41.4 Å². The molecule has 0 amide bonds. The molecule has 0 aromatic carbocycles. The van der Waals surface area contributed by atoms with E-state index in [1.54, 1.807) is 52.0 Å². The predicted molar refractivity (Wildman–Crippen MR) is 273 cm³/mol. The Balaban J connectivity index is 2.28. The van der Waals surface area contributed by atoms with Gasteiger partial charge in [-0.3, -0.25) is 0 Å². The molecule has 0 aromatic rings.